The molecule has 0 aliphatic carbocycles. The van der Waals surface area contributed by atoms with Gasteiger partial charge in [-0.1, -0.05) is 6.07 Å². The van der Waals surface area contributed by atoms with E-state index in [4.69, 9.17) is 9.47 Å². The molecule has 0 aliphatic rings. The maximum absolute atomic E-state index is 14.6. The number of likely N-dealkylation sites (N-methyl/N-ethyl adjacent to an activating group) is 1. The van der Waals surface area contributed by atoms with Crippen LogP contribution in [0.4, 0.5) is 8.78 Å². The summed E-state index contributed by atoms with van der Waals surface area (Å²) in [6, 6.07) is 6.14. The van der Waals surface area contributed by atoms with Crippen LogP contribution in [0.15, 0.2) is 43.7 Å². The molecule has 4 rings (SSSR count). The molecule has 3 heterocycles. The molecule has 14 heteroatoms. The lowest BCUT2D eigenvalue weighted by Gasteiger charge is -2.22. The Morgan fingerprint density at radius 2 is 1.76 bits per heavy atom. The standard InChI is InChI=1S/C24H23BrF2N5O5S/c1-32(2,3)11-19(33)37-12-14-20-22(34)31(17-8-9-18(36-4)29-28-17)24(35)30(23(20)38-21(14)25)10-13-15(26)6-5-7-16(13)27/h5-9H,10-12H2,1-4H3/q+1. The van der Waals surface area contributed by atoms with Crippen molar-refractivity contribution < 1.29 is 27.5 Å². The van der Waals surface area contributed by atoms with Crippen molar-refractivity contribution in [3.63, 3.8) is 0 Å². The van der Waals surface area contributed by atoms with Crippen LogP contribution in [0.3, 0.4) is 0 Å². The first-order valence-corrected chi connectivity index (χ1v) is 12.8. The highest BCUT2D eigenvalue weighted by Crippen LogP contribution is 2.34. The molecular weight excluding hydrogens is 588 g/mol. The van der Waals surface area contributed by atoms with Crippen LogP contribution >= 0.6 is 27.3 Å². The second-order valence-corrected chi connectivity index (χ2v) is 11.6. The number of hydrogen-bond acceptors (Lipinski definition) is 8. The topological polar surface area (TPSA) is 105 Å². The predicted octanol–water partition coefficient (Wildman–Crippen LogP) is 2.85. The maximum Gasteiger partial charge on any atom is 0.362 e. The average Bonchev–Trinajstić information content (AvgIpc) is 3.17. The highest BCUT2D eigenvalue weighted by Gasteiger charge is 2.25. The molecule has 0 N–H and O–H groups in total. The first kappa shape index (κ1) is 27.5. The van der Waals surface area contributed by atoms with Crippen LogP contribution in [0.1, 0.15) is 11.1 Å². The first-order chi connectivity index (χ1) is 17.9. The molecule has 0 saturated heterocycles. The van der Waals surface area contributed by atoms with Crippen LogP contribution in [-0.4, -0.2) is 64.6 Å². The summed E-state index contributed by atoms with van der Waals surface area (Å²) in [4.78, 5) is 39.8. The predicted molar refractivity (Wildman–Crippen MR) is 140 cm³/mol. The van der Waals surface area contributed by atoms with E-state index in [1.165, 1.54) is 25.3 Å². The van der Waals surface area contributed by atoms with Crippen LogP contribution in [0, 0.1) is 11.6 Å². The van der Waals surface area contributed by atoms with Gasteiger partial charge in [0.05, 0.1) is 44.0 Å². The average molecular weight is 611 g/mol. The lowest BCUT2D eigenvalue weighted by Crippen LogP contribution is -2.40. The molecular formula is C24H23BrF2N5O5S+. The van der Waals surface area contributed by atoms with Gasteiger partial charge in [0.25, 0.3) is 5.56 Å². The molecule has 0 atom stereocenters. The Hall–Kier alpha value is -3.49. The minimum absolute atomic E-state index is 0.0360. The second-order valence-electron chi connectivity index (χ2n) is 9.29. The third-order valence-electron chi connectivity index (χ3n) is 5.45. The van der Waals surface area contributed by atoms with E-state index in [-0.39, 0.29) is 40.6 Å². The summed E-state index contributed by atoms with van der Waals surface area (Å²) < 4.78 is 42.1. The zero-order chi connectivity index (χ0) is 27.8. The number of halogens is 3. The molecule has 3 aromatic heterocycles. The highest BCUT2D eigenvalue weighted by atomic mass is 79.9. The number of benzene rings is 1. The van der Waals surface area contributed by atoms with Gasteiger partial charge in [-0.25, -0.2) is 22.9 Å². The van der Waals surface area contributed by atoms with Crippen molar-refractivity contribution in [1.29, 1.82) is 0 Å². The van der Waals surface area contributed by atoms with E-state index in [0.29, 0.717) is 13.8 Å². The Labute approximate surface area is 227 Å². The Kier molecular flexibility index (Phi) is 7.76. The lowest BCUT2D eigenvalue weighted by molar-refractivity contribution is -0.862. The number of rotatable bonds is 8. The van der Waals surface area contributed by atoms with Gasteiger partial charge in [-0.05, 0) is 34.1 Å². The van der Waals surface area contributed by atoms with Crippen molar-refractivity contribution in [3.8, 4) is 11.7 Å². The Morgan fingerprint density at radius 3 is 2.34 bits per heavy atom. The van der Waals surface area contributed by atoms with Gasteiger partial charge < -0.3 is 14.0 Å². The lowest BCUT2D eigenvalue weighted by atomic mass is 10.2. The molecule has 0 amide bonds. The number of carbonyl (C=O) groups excluding carboxylic acids is 1. The van der Waals surface area contributed by atoms with Crippen LogP contribution < -0.4 is 16.0 Å². The van der Waals surface area contributed by atoms with E-state index in [1.54, 1.807) is 0 Å². The van der Waals surface area contributed by atoms with Crippen molar-refractivity contribution >= 4 is 43.5 Å². The zero-order valence-electron chi connectivity index (χ0n) is 20.8. The number of nitrogens with zero attached hydrogens (tertiary/aromatic N) is 5. The van der Waals surface area contributed by atoms with Gasteiger partial charge in [0, 0.05) is 17.2 Å². The van der Waals surface area contributed by atoms with Gasteiger partial charge in [0.1, 0.15) is 23.1 Å². The van der Waals surface area contributed by atoms with E-state index in [9.17, 15) is 23.2 Å². The van der Waals surface area contributed by atoms with Crippen molar-refractivity contribution in [1.82, 2.24) is 19.3 Å². The maximum atomic E-state index is 14.6. The normalized spacial score (nSPS) is 11.7. The fourth-order valence-electron chi connectivity index (χ4n) is 3.68. The fraction of sp³-hybridized carbons (Fsp3) is 0.292. The summed E-state index contributed by atoms with van der Waals surface area (Å²) in [5.41, 5.74) is -1.69. The third kappa shape index (κ3) is 5.51. The van der Waals surface area contributed by atoms with Crippen molar-refractivity contribution in [2.45, 2.75) is 13.2 Å². The molecule has 0 radical (unpaired) electrons. The molecule has 10 nitrogen and oxygen atoms in total. The number of hydrogen-bond donors (Lipinski definition) is 0. The van der Waals surface area contributed by atoms with Crippen molar-refractivity contribution in [2.75, 3.05) is 34.8 Å². The molecule has 4 aromatic rings. The number of ether oxygens (including phenoxy) is 2. The van der Waals surface area contributed by atoms with Crippen LogP contribution in [0.5, 0.6) is 5.88 Å². The van der Waals surface area contributed by atoms with E-state index >= 15 is 0 Å². The minimum Gasteiger partial charge on any atom is -0.480 e. The van der Waals surface area contributed by atoms with Gasteiger partial charge in [0.15, 0.2) is 12.4 Å². The number of aromatic nitrogens is 4. The van der Waals surface area contributed by atoms with E-state index in [1.807, 2.05) is 21.1 Å². The number of carbonyl (C=O) groups is 1. The summed E-state index contributed by atoms with van der Waals surface area (Å²) in [5, 5.41) is 7.77. The summed E-state index contributed by atoms with van der Waals surface area (Å²) in [6.45, 7) is -0.691. The van der Waals surface area contributed by atoms with E-state index in [2.05, 4.69) is 26.1 Å². The monoisotopic (exact) mass is 610 g/mol. The third-order valence-corrected chi connectivity index (χ3v) is 7.45. The molecule has 1 aromatic carbocycles. The summed E-state index contributed by atoms with van der Waals surface area (Å²) in [5.74, 6) is -2.17. The summed E-state index contributed by atoms with van der Waals surface area (Å²) in [7, 11) is 6.86. The number of thiophene rings is 1. The van der Waals surface area contributed by atoms with Gasteiger partial charge in [-0.15, -0.1) is 21.5 Å². The van der Waals surface area contributed by atoms with Gasteiger partial charge >= 0.3 is 11.7 Å². The molecule has 0 saturated carbocycles. The summed E-state index contributed by atoms with van der Waals surface area (Å²) in [6.07, 6.45) is 0. The minimum atomic E-state index is -0.882. The van der Waals surface area contributed by atoms with Crippen LogP contribution in [0.25, 0.3) is 16.0 Å². The van der Waals surface area contributed by atoms with E-state index in [0.717, 1.165) is 32.6 Å². The number of fused-ring (bicyclic) bond motifs is 1. The molecule has 0 aliphatic heterocycles. The highest BCUT2D eigenvalue weighted by molar-refractivity contribution is 9.11. The SMILES string of the molecule is COc1ccc(-n2c(=O)c3c(COC(=O)C[N+](C)(C)C)c(Br)sc3n(Cc3c(F)cccc3F)c2=O)nn1. The Morgan fingerprint density at radius 1 is 1.08 bits per heavy atom. The van der Waals surface area contributed by atoms with Crippen LogP contribution in [-0.2, 0) is 22.7 Å². The van der Waals surface area contributed by atoms with Gasteiger partial charge in [0.2, 0.25) is 5.88 Å². The molecule has 0 fully saturated rings. The van der Waals surface area contributed by atoms with Crippen LogP contribution in [0.2, 0.25) is 0 Å². The van der Waals surface area contributed by atoms with Crippen molar-refractivity contribution in [3.05, 3.63) is 77.7 Å². The number of methoxy groups -OCH3 is 1. The van der Waals surface area contributed by atoms with E-state index < -0.39 is 35.4 Å². The quantitative estimate of drug-likeness (QED) is 0.223. The molecule has 38 heavy (non-hydrogen) atoms. The summed E-state index contributed by atoms with van der Waals surface area (Å²) >= 11 is 4.40. The number of quaternary nitrogens is 1. The van der Waals surface area contributed by atoms with Crippen molar-refractivity contribution in [2.24, 2.45) is 0 Å². The van der Waals surface area contributed by atoms with Gasteiger partial charge in [-0.3, -0.25) is 9.36 Å². The molecule has 0 spiro atoms. The molecule has 0 unspecified atom stereocenters. The zero-order valence-corrected chi connectivity index (χ0v) is 23.2. The fourth-order valence-corrected chi connectivity index (χ4v) is 5.47. The second kappa shape index (κ2) is 10.7. The Balaban J connectivity index is 1.94. The van der Waals surface area contributed by atoms with Gasteiger partial charge in [-0.2, -0.15) is 0 Å². The Bertz CT molecular complexity index is 1620. The molecule has 0 bridgehead atoms. The number of esters is 1. The first-order valence-electron chi connectivity index (χ1n) is 11.1. The largest absolute Gasteiger partial charge is 0.480 e. The smallest absolute Gasteiger partial charge is 0.362 e. The molecule has 200 valence electrons.